The minimum atomic E-state index is 0.358. The van der Waals surface area contributed by atoms with Gasteiger partial charge < -0.3 is 9.80 Å². The summed E-state index contributed by atoms with van der Waals surface area (Å²) in [5.41, 5.74) is 0. The zero-order chi connectivity index (χ0) is 13.8. The van der Waals surface area contributed by atoms with Gasteiger partial charge in [0.15, 0.2) is 0 Å². The Bertz CT molecular complexity index is 287. The molecule has 2 fully saturated rings. The highest BCUT2D eigenvalue weighted by atomic mass is 16.1. The Morgan fingerprint density at radius 3 is 2.11 bits per heavy atom. The third-order valence-corrected chi connectivity index (χ3v) is 5.08. The highest BCUT2D eigenvalue weighted by Gasteiger charge is 2.30. The summed E-state index contributed by atoms with van der Waals surface area (Å²) >= 11 is 0. The normalized spacial score (nSPS) is 25.1. The lowest BCUT2D eigenvalue weighted by atomic mass is 9.89. The summed E-state index contributed by atoms with van der Waals surface area (Å²) in [5.74, 6) is 0.839. The minimum Gasteiger partial charge on any atom is -0.301 e. The predicted molar refractivity (Wildman–Crippen MR) is 79.3 cm³/mol. The van der Waals surface area contributed by atoms with E-state index in [1.165, 1.54) is 25.9 Å². The van der Waals surface area contributed by atoms with Crippen molar-refractivity contribution in [3.05, 3.63) is 0 Å². The first-order chi connectivity index (χ1) is 9.11. The fourth-order valence-electron chi connectivity index (χ4n) is 3.64. The molecular weight excluding hydrogens is 236 g/mol. The molecular formula is C16H30N2O. The summed E-state index contributed by atoms with van der Waals surface area (Å²) < 4.78 is 0. The van der Waals surface area contributed by atoms with E-state index >= 15 is 0 Å². The van der Waals surface area contributed by atoms with Crippen molar-refractivity contribution in [1.82, 2.24) is 9.80 Å². The summed E-state index contributed by atoms with van der Waals surface area (Å²) in [6.07, 6.45) is 5.53. The summed E-state index contributed by atoms with van der Waals surface area (Å²) in [4.78, 5) is 17.0. The first-order valence-corrected chi connectivity index (χ1v) is 8.12. The van der Waals surface area contributed by atoms with Crippen LogP contribution in [0, 0.1) is 5.92 Å². The maximum Gasteiger partial charge on any atom is 0.135 e. The quantitative estimate of drug-likeness (QED) is 0.781. The standard InChI is InChI=1S/C16H30N2O/c1-4-16(19)14-5-9-18(10-6-14)15-7-11-17(12-8-15)13(2)3/h13-15H,4-12H2,1-3H3. The van der Waals surface area contributed by atoms with Crippen LogP contribution in [0.5, 0.6) is 0 Å². The van der Waals surface area contributed by atoms with E-state index in [-0.39, 0.29) is 0 Å². The highest BCUT2D eigenvalue weighted by molar-refractivity contribution is 5.80. The van der Waals surface area contributed by atoms with Gasteiger partial charge in [-0.1, -0.05) is 6.92 Å². The number of piperidine rings is 2. The lowest BCUT2D eigenvalue weighted by Gasteiger charge is -2.42. The minimum absolute atomic E-state index is 0.358. The Morgan fingerprint density at radius 1 is 1.05 bits per heavy atom. The lowest BCUT2D eigenvalue weighted by molar-refractivity contribution is -0.124. The van der Waals surface area contributed by atoms with Gasteiger partial charge in [0.2, 0.25) is 0 Å². The fourth-order valence-corrected chi connectivity index (χ4v) is 3.64. The Balaban J connectivity index is 1.75. The number of likely N-dealkylation sites (tertiary alicyclic amines) is 2. The second-order valence-corrected chi connectivity index (χ2v) is 6.49. The van der Waals surface area contributed by atoms with Gasteiger partial charge in [0.05, 0.1) is 0 Å². The summed E-state index contributed by atoms with van der Waals surface area (Å²) in [6.45, 7) is 11.4. The van der Waals surface area contributed by atoms with Crippen LogP contribution in [-0.4, -0.2) is 53.8 Å². The molecule has 0 atom stereocenters. The number of nitrogens with zero attached hydrogens (tertiary/aromatic N) is 2. The first-order valence-electron chi connectivity index (χ1n) is 8.12. The lowest BCUT2D eigenvalue weighted by Crippen LogP contribution is -2.49. The van der Waals surface area contributed by atoms with Crippen molar-refractivity contribution in [3.8, 4) is 0 Å². The van der Waals surface area contributed by atoms with E-state index in [9.17, 15) is 4.79 Å². The van der Waals surface area contributed by atoms with Gasteiger partial charge in [-0.2, -0.15) is 0 Å². The van der Waals surface area contributed by atoms with Crippen LogP contribution in [0.4, 0.5) is 0 Å². The Morgan fingerprint density at radius 2 is 1.63 bits per heavy atom. The maximum atomic E-state index is 11.7. The third-order valence-electron chi connectivity index (χ3n) is 5.08. The van der Waals surface area contributed by atoms with E-state index in [0.29, 0.717) is 17.7 Å². The molecule has 0 spiro atoms. The van der Waals surface area contributed by atoms with Crippen LogP contribution in [0.2, 0.25) is 0 Å². The molecule has 110 valence electrons. The molecule has 19 heavy (non-hydrogen) atoms. The summed E-state index contributed by atoms with van der Waals surface area (Å²) in [6, 6.07) is 1.46. The Hall–Kier alpha value is -0.410. The largest absolute Gasteiger partial charge is 0.301 e. The van der Waals surface area contributed by atoms with Gasteiger partial charge in [-0.25, -0.2) is 0 Å². The van der Waals surface area contributed by atoms with Crippen LogP contribution in [0.25, 0.3) is 0 Å². The van der Waals surface area contributed by atoms with Gasteiger partial charge in [0.25, 0.3) is 0 Å². The van der Waals surface area contributed by atoms with Crippen molar-refractivity contribution in [1.29, 1.82) is 0 Å². The second-order valence-electron chi connectivity index (χ2n) is 6.49. The van der Waals surface area contributed by atoms with Crippen LogP contribution in [0.3, 0.4) is 0 Å². The van der Waals surface area contributed by atoms with E-state index < -0.39 is 0 Å². The molecule has 0 bridgehead atoms. The van der Waals surface area contributed by atoms with Gasteiger partial charge in [-0.05, 0) is 65.7 Å². The van der Waals surface area contributed by atoms with Gasteiger partial charge in [0, 0.05) is 24.4 Å². The number of hydrogen-bond donors (Lipinski definition) is 0. The molecule has 2 saturated heterocycles. The van der Waals surface area contributed by atoms with Crippen molar-refractivity contribution in [2.45, 2.75) is 65.0 Å². The van der Waals surface area contributed by atoms with Crippen LogP contribution in [0.15, 0.2) is 0 Å². The topological polar surface area (TPSA) is 23.6 Å². The van der Waals surface area contributed by atoms with E-state index in [0.717, 1.165) is 38.4 Å². The fraction of sp³-hybridized carbons (Fsp3) is 0.938. The number of Topliss-reactive ketones (excluding diaryl/α,β-unsaturated/α-hetero) is 1. The maximum absolute atomic E-state index is 11.7. The smallest absolute Gasteiger partial charge is 0.135 e. The molecule has 0 radical (unpaired) electrons. The number of ketones is 1. The molecule has 0 unspecified atom stereocenters. The van der Waals surface area contributed by atoms with Crippen LogP contribution >= 0.6 is 0 Å². The molecule has 2 aliphatic rings. The van der Waals surface area contributed by atoms with Crippen molar-refractivity contribution in [3.63, 3.8) is 0 Å². The van der Waals surface area contributed by atoms with E-state index in [1.807, 2.05) is 6.92 Å². The molecule has 3 nitrogen and oxygen atoms in total. The number of hydrogen-bond acceptors (Lipinski definition) is 3. The average molecular weight is 266 g/mol. The summed E-state index contributed by atoms with van der Waals surface area (Å²) in [7, 11) is 0. The number of carbonyl (C=O) groups is 1. The Kier molecular flexibility index (Phi) is 5.40. The first kappa shape index (κ1) is 15.0. The molecule has 3 heteroatoms. The van der Waals surface area contributed by atoms with Crippen molar-refractivity contribution < 1.29 is 4.79 Å². The molecule has 0 amide bonds. The SMILES string of the molecule is CCC(=O)C1CCN(C2CCN(C(C)C)CC2)CC1. The second kappa shape index (κ2) is 6.85. The van der Waals surface area contributed by atoms with Crippen molar-refractivity contribution in [2.75, 3.05) is 26.2 Å². The van der Waals surface area contributed by atoms with Crippen LogP contribution < -0.4 is 0 Å². The van der Waals surface area contributed by atoms with Crippen molar-refractivity contribution in [2.24, 2.45) is 5.92 Å². The van der Waals surface area contributed by atoms with Crippen LogP contribution in [0.1, 0.15) is 52.9 Å². The van der Waals surface area contributed by atoms with Gasteiger partial charge in [-0.15, -0.1) is 0 Å². The van der Waals surface area contributed by atoms with Gasteiger partial charge in [0.1, 0.15) is 5.78 Å². The van der Waals surface area contributed by atoms with Crippen molar-refractivity contribution >= 4 is 5.78 Å². The third kappa shape index (κ3) is 3.79. The molecule has 2 heterocycles. The Labute approximate surface area is 118 Å². The zero-order valence-corrected chi connectivity index (χ0v) is 12.9. The van der Waals surface area contributed by atoms with E-state index in [2.05, 4.69) is 23.6 Å². The van der Waals surface area contributed by atoms with E-state index in [4.69, 9.17) is 0 Å². The molecule has 0 aliphatic carbocycles. The monoisotopic (exact) mass is 266 g/mol. The van der Waals surface area contributed by atoms with Gasteiger partial charge in [-0.3, -0.25) is 4.79 Å². The number of carbonyl (C=O) groups excluding carboxylic acids is 1. The van der Waals surface area contributed by atoms with Crippen LogP contribution in [-0.2, 0) is 4.79 Å². The zero-order valence-electron chi connectivity index (χ0n) is 12.9. The summed E-state index contributed by atoms with van der Waals surface area (Å²) in [5, 5.41) is 0. The van der Waals surface area contributed by atoms with E-state index in [1.54, 1.807) is 0 Å². The molecule has 0 saturated carbocycles. The molecule has 0 N–H and O–H groups in total. The van der Waals surface area contributed by atoms with Gasteiger partial charge >= 0.3 is 0 Å². The highest BCUT2D eigenvalue weighted by Crippen LogP contribution is 2.25. The molecule has 0 aromatic rings. The number of rotatable bonds is 4. The molecule has 2 aliphatic heterocycles. The predicted octanol–water partition coefficient (Wildman–Crippen LogP) is 2.55. The average Bonchev–Trinajstić information content (AvgIpc) is 2.46. The molecule has 2 rings (SSSR count). The molecule has 0 aromatic carbocycles. The molecule has 0 aromatic heterocycles.